The topological polar surface area (TPSA) is 51.0 Å². The number of hydrogen-bond acceptors (Lipinski definition) is 4. The molecule has 0 spiro atoms. The molecule has 2 unspecified atom stereocenters. The largest absolute Gasteiger partial charge is 0.339 e. The summed E-state index contributed by atoms with van der Waals surface area (Å²) in [5, 5.41) is 7.52. The number of halogens is 1. The molecule has 1 heterocycles. The zero-order valence-corrected chi connectivity index (χ0v) is 12.2. The Morgan fingerprint density at radius 1 is 1.33 bits per heavy atom. The van der Waals surface area contributed by atoms with E-state index in [0.717, 1.165) is 19.4 Å². The van der Waals surface area contributed by atoms with Crippen molar-refractivity contribution in [1.82, 2.24) is 15.5 Å². The summed E-state index contributed by atoms with van der Waals surface area (Å²) in [6.45, 7) is 3.05. The van der Waals surface area contributed by atoms with Gasteiger partial charge in [0.2, 0.25) is 11.7 Å². The minimum Gasteiger partial charge on any atom is -0.339 e. The molecule has 2 atom stereocenters. The molecule has 1 aromatic carbocycles. The molecule has 0 saturated heterocycles. The van der Waals surface area contributed by atoms with Crippen LogP contribution in [0.5, 0.6) is 0 Å². The van der Waals surface area contributed by atoms with Crippen LogP contribution < -0.4 is 5.32 Å². The average Bonchev–Trinajstić information content (AvgIpc) is 2.98. The predicted octanol–water partition coefficient (Wildman–Crippen LogP) is 3.51. The van der Waals surface area contributed by atoms with Crippen LogP contribution >= 0.6 is 0 Å². The van der Waals surface area contributed by atoms with Crippen LogP contribution in [0.25, 0.3) is 11.4 Å². The van der Waals surface area contributed by atoms with Crippen LogP contribution in [-0.2, 0) is 0 Å². The van der Waals surface area contributed by atoms with Gasteiger partial charge in [-0.2, -0.15) is 4.98 Å². The number of benzene rings is 1. The lowest BCUT2D eigenvalue weighted by Crippen LogP contribution is -2.37. The summed E-state index contributed by atoms with van der Waals surface area (Å²) in [5.41, 5.74) is 0.654. The van der Waals surface area contributed by atoms with Crippen molar-refractivity contribution in [2.75, 3.05) is 6.54 Å². The molecule has 1 aromatic heterocycles. The number of hydrogen-bond donors (Lipinski definition) is 1. The van der Waals surface area contributed by atoms with E-state index in [0.29, 0.717) is 23.3 Å². The second-order valence-electron chi connectivity index (χ2n) is 5.52. The van der Waals surface area contributed by atoms with Gasteiger partial charge in [-0.1, -0.05) is 37.1 Å². The monoisotopic (exact) mass is 289 g/mol. The minimum atomic E-state index is -0.290. The van der Waals surface area contributed by atoms with Gasteiger partial charge in [0.15, 0.2) is 0 Å². The van der Waals surface area contributed by atoms with Crippen LogP contribution in [0.15, 0.2) is 28.8 Å². The average molecular weight is 289 g/mol. The van der Waals surface area contributed by atoms with Gasteiger partial charge in [0.25, 0.3) is 0 Å². The third-order valence-electron chi connectivity index (χ3n) is 4.07. The molecule has 21 heavy (non-hydrogen) atoms. The van der Waals surface area contributed by atoms with Crippen LogP contribution in [0, 0.1) is 5.82 Å². The summed E-state index contributed by atoms with van der Waals surface area (Å²) in [7, 11) is 0. The van der Waals surface area contributed by atoms with Gasteiger partial charge in [-0.25, -0.2) is 4.39 Å². The quantitative estimate of drug-likeness (QED) is 0.935. The maximum Gasteiger partial charge on any atom is 0.231 e. The third-order valence-corrected chi connectivity index (χ3v) is 4.07. The lowest BCUT2D eigenvalue weighted by atomic mass is 9.84. The fourth-order valence-electron chi connectivity index (χ4n) is 3.06. The van der Waals surface area contributed by atoms with Crippen LogP contribution in [-0.4, -0.2) is 22.7 Å². The molecule has 1 aliphatic carbocycles. The summed E-state index contributed by atoms with van der Waals surface area (Å²) in [6, 6.07) is 6.68. The van der Waals surface area contributed by atoms with Gasteiger partial charge in [-0.3, -0.25) is 0 Å². The van der Waals surface area contributed by atoms with Gasteiger partial charge in [0, 0.05) is 11.6 Å². The zero-order chi connectivity index (χ0) is 14.7. The Labute approximate surface area is 123 Å². The highest BCUT2D eigenvalue weighted by atomic mass is 19.1. The molecule has 1 aliphatic rings. The van der Waals surface area contributed by atoms with E-state index in [4.69, 9.17) is 4.52 Å². The van der Waals surface area contributed by atoms with Crippen LogP contribution in [0.4, 0.5) is 4.39 Å². The first-order chi connectivity index (χ1) is 10.3. The Morgan fingerprint density at radius 2 is 2.19 bits per heavy atom. The number of aromatic nitrogens is 2. The smallest absolute Gasteiger partial charge is 0.231 e. The standard InChI is InChI=1S/C16H20FN3O/c1-2-18-14-9-4-3-8-13(14)16-19-15(20-21-16)11-6-5-7-12(17)10-11/h5-7,10,13-14,18H,2-4,8-9H2,1H3. The lowest BCUT2D eigenvalue weighted by molar-refractivity contribution is 0.265. The molecular weight excluding hydrogens is 269 g/mol. The summed E-state index contributed by atoms with van der Waals surface area (Å²) in [6.07, 6.45) is 4.61. The molecule has 0 aliphatic heterocycles. The number of likely N-dealkylation sites (N-methyl/N-ethyl adjacent to an activating group) is 1. The molecule has 0 amide bonds. The number of nitrogens with one attached hydrogen (secondary N) is 1. The molecular formula is C16H20FN3O. The fraction of sp³-hybridized carbons (Fsp3) is 0.500. The Morgan fingerprint density at radius 3 is 3.00 bits per heavy atom. The van der Waals surface area contributed by atoms with Crippen molar-refractivity contribution in [2.24, 2.45) is 0 Å². The van der Waals surface area contributed by atoms with E-state index in [-0.39, 0.29) is 11.7 Å². The molecule has 1 saturated carbocycles. The Bertz CT molecular complexity index is 597. The first-order valence-electron chi connectivity index (χ1n) is 7.61. The minimum absolute atomic E-state index is 0.258. The number of nitrogens with zero attached hydrogens (tertiary/aromatic N) is 2. The van der Waals surface area contributed by atoms with E-state index in [9.17, 15) is 4.39 Å². The van der Waals surface area contributed by atoms with Crippen molar-refractivity contribution in [1.29, 1.82) is 0 Å². The van der Waals surface area contributed by atoms with E-state index in [1.54, 1.807) is 12.1 Å². The Hall–Kier alpha value is -1.75. The van der Waals surface area contributed by atoms with E-state index in [1.165, 1.54) is 25.0 Å². The SMILES string of the molecule is CCNC1CCCCC1c1nc(-c2cccc(F)c2)no1. The van der Waals surface area contributed by atoms with Crippen molar-refractivity contribution in [2.45, 2.75) is 44.6 Å². The van der Waals surface area contributed by atoms with Crippen molar-refractivity contribution in [3.05, 3.63) is 36.0 Å². The van der Waals surface area contributed by atoms with Crippen LogP contribution in [0.3, 0.4) is 0 Å². The Kier molecular flexibility index (Phi) is 4.29. The second-order valence-corrected chi connectivity index (χ2v) is 5.52. The first kappa shape index (κ1) is 14.2. The van der Waals surface area contributed by atoms with E-state index < -0.39 is 0 Å². The fourth-order valence-corrected chi connectivity index (χ4v) is 3.06. The van der Waals surface area contributed by atoms with Gasteiger partial charge in [0.1, 0.15) is 5.82 Å². The van der Waals surface area contributed by atoms with Crippen LogP contribution in [0.1, 0.15) is 44.4 Å². The second kappa shape index (κ2) is 6.35. The Balaban J connectivity index is 1.83. The molecule has 3 rings (SSSR count). The normalized spacial score (nSPS) is 22.4. The highest BCUT2D eigenvalue weighted by Gasteiger charge is 2.30. The summed E-state index contributed by atoms with van der Waals surface area (Å²) < 4.78 is 18.7. The molecule has 0 radical (unpaired) electrons. The van der Waals surface area contributed by atoms with Crippen molar-refractivity contribution in [3.63, 3.8) is 0 Å². The van der Waals surface area contributed by atoms with Crippen molar-refractivity contribution < 1.29 is 8.91 Å². The van der Waals surface area contributed by atoms with Gasteiger partial charge >= 0.3 is 0 Å². The van der Waals surface area contributed by atoms with Gasteiger partial charge in [-0.05, 0) is 31.5 Å². The molecule has 0 bridgehead atoms. The summed E-state index contributed by atoms with van der Waals surface area (Å²) >= 11 is 0. The molecule has 1 fully saturated rings. The maximum atomic E-state index is 13.3. The van der Waals surface area contributed by atoms with E-state index in [1.807, 2.05) is 0 Å². The first-order valence-corrected chi connectivity index (χ1v) is 7.61. The van der Waals surface area contributed by atoms with Gasteiger partial charge in [-0.15, -0.1) is 0 Å². The van der Waals surface area contributed by atoms with Crippen LogP contribution in [0.2, 0.25) is 0 Å². The third kappa shape index (κ3) is 3.13. The van der Waals surface area contributed by atoms with Gasteiger partial charge in [0.05, 0.1) is 5.92 Å². The summed E-state index contributed by atoms with van der Waals surface area (Å²) in [4.78, 5) is 4.49. The maximum absolute atomic E-state index is 13.3. The zero-order valence-electron chi connectivity index (χ0n) is 12.2. The number of rotatable bonds is 4. The molecule has 5 heteroatoms. The van der Waals surface area contributed by atoms with E-state index in [2.05, 4.69) is 22.4 Å². The molecule has 112 valence electrons. The lowest BCUT2D eigenvalue weighted by Gasteiger charge is -2.29. The van der Waals surface area contributed by atoms with E-state index >= 15 is 0 Å². The highest BCUT2D eigenvalue weighted by molar-refractivity contribution is 5.53. The van der Waals surface area contributed by atoms with Crippen molar-refractivity contribution in [3.8, 4) is 11.4 Å². The molecule has 4 nitrogen and oxygen atoms in total. The van der Waals surface area contributed by atoms with Crippen molar-refractivity contribution >= 4 is 0 Å². The predicted molar refractivity (Wildman–Crippen MR) is 78.4 cm³/mol. The highest BCUT2D eigenvalue weighted by Crippen LogP contribution is 2.33. The van der Waals surface area contributed by atoms with Gasteiger partial charge < -0.3 is 9.84 Å². The molecule has 1 N–H and O–H groups in total. The molecule has 2 aromatic rings. The summed E-state index contributed by atoms with van der Waals surface area (Å²) in [5.74, 6) is 1.10.